The van der Waals surface area contributed by atoms with E-state index in [1.807, 2.05) is 32.0 Å². The van der Waals surface area contributed by atoms with Crippen molar-refractivity contribution in [3.05, 3.63) is 59.4 Å². The van der Waals surface area contributed by atoms with Gasteiger partial charge in [-0.1, -0.05) is 30.3 Å². The van der Waals surface area contributed by atoms with Gasteiger partial charge in [-0.2, -0.15) is 0 Å². The van der Waals surface area contributed by atoms with Crippen LogP contribution >= 0.6 is 0 Å². The summed E-state index contributed by atoms with van der Waals surface area (Å²) in [5, 5.41) is 5.48. The number of rotatable bonds is 6. The van der Waals surface area contributed by atoms with Crippen LogP contribution in [0.1, 0.15) is 18.1 Å². The number of anilines is 2. The van der Waals surface area contributed by atoms with Gasteiger partial charge in [-0.15, -0.1) is 0 Å². The summed E-state index contributed by atoms with van der Waals surface area (Å²) in [6.07, 6.45) is 0. The molecule has 0 aromatic heterocycles. The maximum Gasteiger partial charge on any atom is 0.282 e. The van der Waals surface area contributed by atoms with E-state index in [2.05, 4.69) is 10.6 Å². The molecular formula is C20H25FN3O2+. The van der Waals surface area contributed by atoms with E-state index in [1.54, 1.807) is 26.1 Å². The highest BCUT2D eigenvalue weighted by Gasteiger charge is 2.25. The first-order valence-corrected chi connectivity index (χ1v) is 8.53. The lowest BCUT2D eigenvalue weighted by Crippen LogP contribution is -3.14. The summed E-state index contributed by atoms with van der Waals surface area (Å²) in [5.74, 6) is -1.00. The Morgan fingerprint density at radius 2 is 1.65 bits per heavy atom. The third kappa shape index (κ3) is 4.89. The topological polar surface area (TPSA) is 62.6 Å². The van der Waals surface area contributed by atoms with E-state index in [-0.39, 0.29) is 24.0 Å². The maximum absolute atomic E-state index is 13.7. The highest BCUT2D eigenvalue weighted by atomic mass is 19.1. The van der Waals surface area contributed by atoms with Gasteiger partial charge < -0.3 is 15.5 Å². The van der Waals surface area contributed by atoms with Gasteiger partial charge >= 0.3 is 0 Å². The molecule has 138 valence electrons. The molecule has 0 aliphatic carbocycles. The van der Waals surface area contributed by atoms with Gasteiger partial charge in [0.1, 0.15) is 5.82 Å². The van der Waals surface area contributed by atoms with Crippen LogP contribution in [0.2, 0.25) is 0 Å². The summed E-state index contributed by atoms with van der Waals surface area (Å²) in [5.41, 5.74) is 2.91. The molecule has 2 atom stereocenters. The summed E-state index contributed by atoms with van der Waals surface area (Å²) in [7, 11) is 1.76. The van der Waals surface area contributed by atoms with E-state index >= 15 is 0 Å². The van der Waals surface area contributed by atoms with E-state index in [0.717, 1.165) is 16.8 Å². The zero-order valence-corrected chi connectivity index (χ0v) is 15.5. The van der Waals surface area contributed by atoms with Crippen LogP contribution in [-0.2, 0) is 9.59 Å². The van der Waals surface area contributed by atoms with Gasteiger partial charge in [0, 0.05) is 5.69 Å². The number of amides is 2. The molecule has 2 aromatic rings. The number of aryl methyl sites for hydroxylation is 2. The molecular weight excluding hydrogens is 333 g/mol. The summed E-state index contributed by atoms with van der Waals surface area (Å²) in [6.45, 7) is 5.70. The normalized spacial score (nSPS) is 13.0. The minimum absolute atomic E-state index is 0.125. The number of hydrogen-bond donors (Lipinski definition) is 3. The van der Waals surface area contributed by atoms with Gasteiger partial charge in [0.15, 0.2) is 12.6 Å². The smallest absolute Gasteiger partial charge is 0.282 e. The summed E-state index contributed by atoms with van der Waals surface area (Å²) in [6, 6.07) is 11.3. The Balaban J connectivity index is 1.95. The van der Waals surface area contributed by atoms with Crippen LogP contribution in [0.4, 0.5) is 15.8 Å². The standard InChI is InChI=1S/C20H24FN3O2/c1-13-8-7-9-14(2)19(13)23-18(25)12-24(4)15(3)20(26)22-17-11-6-5-10-16(17)21/h5-11,15H,12H2,1-4H3,(H,22,26)(H,23,25)/p+1/t15-/m1/s1. The second kappa shape index (κ2) is 8.58. The third-order valence-electron chi connectivity index (χ3n) is 4.45. The molecule has 0 radical (unpaired) electrons. The van der Waals surface area contributed by atoms with Crippen LogP contribution in [0, 0.1) is 19.7 Å². The zero-order chi connectivity index (χ0) is 19.3. The number of likely N-dealkylation sites (N-methyl/N-ethyl adjacent to an activating group) is 1. The molecule has 3 N–H and O–H groups in total. The van der Waals surface area contributed by atoms with E-state index in [0.29, 0.717) is 4.90 Å². The number of carbonyl (C=O) groups excluding carboxylic acids is 2. The number of benzene rings is 2. The van der Waals surface area contributed by atoms with Gasteiger partial charge in [0.2, 0.25) is 0 Å². The van der Waals surface area contributed by atoms with Crippen molar-refractivity contribution in [3.8, 4) is 0 Å². The second-order valence-corrected chi connectivity index (χ2v) is 6.53. The van der Waals surface area contributed by atoms with Crippen LogP contribution in [0.25, 0.3) is 0 Å². The average molecular weight is 358 g/mol. The van der Waals surface area contributed by atoms with Crippen molar-refractivity contribution in [1.82, 2.24) is 0 Å². The lowest BCUT2D eigenvalue weighted by molar-refractivity contribution is -0.885. The Hall–Kier alpha value is -2.73. The van der Waals surface area contributed by atoms with Gasteiger partial charge in [-0.25, -0.2) is 4.39 Å². The molecule has 1 unspecified atom stereocenters. The SMILES string of the molecule is Cc1cccc(C)c1NC(=O)C[NH+](C)[C@H](C)C(=O)Nc1ccccc1F. The van der Waals surface area contributed by atoms with E-state index in [9.17, 15) is 14.0 Å². The summed E-state index contributed by atoms with van der Waals surface area (Å²) >= 11 is 0. The minimum Gasteiger partial charge on any atom is -0.321 e. The van der Waals surface area contributed by atoms with Crippen molar-refractivity contribution in [1.29, 1.82) is 0 Å². The Morgan fingerprint density at radius 3 is 2.27 bits per heavy atom. The van der Waals surface area contributed by atoms with Crippen LogP contribution in [0.3, 0.4) is 0 Å². The van der Waals surface area contributed by atoms with Crippen molar-refractivity contribution >= 4 is 23.2 Å². The summed E-state index contributed by atoms with van der Waals surface area (Å²) < 4.78 is 13.7. The first-order chi connectivity index (χ1) is 12.3. The maximum atomic E-state index is 13.7. The lowest BCUT2D eigenvalue weighted by Gasteiger charge is -2.21. The molecule has 0 aliphatic heterocycles. The van der Waals surface area contributed by atoms with Crippen molar-refractivity contribution in [2.24, 2.45) is 0 Å². The Bertz CT molecular complexity index is 787. The van der Waals surface area contributed by atoms with Crippen molar-refractivity contribution in [3.63, 3.8) is 0 Å². The van der Waals surface area contributed by atoms with Gasteiger partial charge in [-0.3, -0.25) is 9.59 Å². The number of para-hydroxylation sites is 2. The van der Waals surface area contributed by atoms with Crippen molar-refractivity contribution in [2.45, 2.75) is 26.8 Å². The monoisotopic (exact) mass is 358 g/mol. The van der Waals surface area contributed by atoms with Gasteiger partial charge in [0.05, 0.1) is 12.7 Å². The fourth-order valence-corrected chi connectivity index (χ4v) is 2.63. The Labute approximate surface area is 153 Å². The highest BCUT2D eigenvalue weighted by Crippen LogP contribution is 2.18. The Morgan fingerprint density at radius 1 is 1.04 bits per heavy atom. The van der Waals surface area contributed by atoms with Gasteiger partial charge in [0.25, 0.3) is 11.8 Å². The number of nitrogens with one attached hydrogen (secondary N) is 3. The zero-order valence-electron chi connectivity index (χ0n) is 15.5. The fraction of sp³-hybridized carbons (Fsp3) is 0.300. The molecule has 0 fully saturated rings. The van der Waals surface area contributed by atoms with Crippen molar-refractivity contribution < 1.29 is 18.9 Å². The Kier molecular flexibility index (Phi) is 6.46. The molecule has 2 rings (SSSR count). The van der Waals surface area contributed by atoms with Crippen LogP contribution < -0.4 is 15.5 Å². The molecule has 2 amide bonds. The first kappa shape index (κ1) is 19.6. The minimum atomic E-state index is -0.515. The molecule has 0 heterocycles. The van der Waals surface area contributed by atoms with E-state index in [1.165, 1.54) is 12.1 Å². The molecule has 0 spiro atoms. The van der Waals surface area contributed by atoms with Crippen LogP contribution in [0.15, 0.2) is 42.5 Å². The van der Waals surface area contributed by atoms with Crippen molar-refractivity contribution in [2.75, 3.05) is 24.2 Å². The second-order valence-electron chi connectivity index (χ2n) is 6.53. The van der Waals surface area contributed by atoms with E-state index in [4.69, 9.17) is 0 Å². The van der Waals surface area contributed by atoms with Crippen LogP contribution in [-0.4, -0.2) is 31.4 Å². The first-order valence-electron chi connectivity index (χ1n) is 8.53. The molecule has 0 bridgehead atoms. The average Bonchev–Trinajstić information content (AvgIpc) is 2.59. The quantitative estimate of drug-likeness (QED) is 0.739. The molecule has 0 saturated heterocycles. The predicted octanol–water partition coefficient (Wildman–Crippen LogP) is 1.92. The fourth-order valence-electron chi connectivity index (χ4n) is 2.63. The van der Waals surface area contributed by atoms with E-state index < -0.39 is 11.9 Å². The van der Waals surface area contributed by atoms with Crippen LogP contribution in [0.5, 0.6) is 0 Å². The number of hydrogen-bond acceptors (Lipinski definition) is 2. The largest absolute Gasteiger partial charge is 0.321 e. The molecule has 26 heavy (non-hydrogen) atoms. The third-order valence-corrected chi connectivity index (χ3v) is 4.45. The molecule has 2 aromatic carbocycles. The number of quaternary nitrogens is 1. The lowest BCUT2D eigenvalue weighted by atomic mass is 10.1. The molecule has 6 heteroatoms. The summed E-state index contributed by atoms with van der Waals surface area (Å²) in [4.78, 5) is 25.4. The van der Waals surface area contributed by atoms with Gasteiger partial charge in [-0.05, 0) is 44.0 Å². The molecule has 5 nitrogen and oxygen atoms in total. The number of carbonyl (C=O) groups is 2. The molecule has 0 saturated carbocycles. The highest BCUT2D eigenvalue weighted by molar-refractivity contribution is 5.95. The molecule has 0 aliphatic rings. The number of halogens is 1. The predicted molar refractivity (Wildman–Crippen MR) is 101 cm³/mol.